The van der Waals surface area contributed by atoms with Crippen molar-refractivity contribution in [1.82, 2.24) is 10.2 Å². The molecule has 2 aromatic rings. The second-order valence-electron chi connectivity index (χ2n) is 10.5. The highest BCUT2D eigenvalue weighted by molar-refractivity contribution is 5.90. The van der Waals surface area contributed by atoms with E-state index < -0.39 is 6.29 Å². The maximum absolute atomic E-state index is 12.5. The zero-order chi connectivity index (χ0) is 27.6. The third-order valence-electron chi connectivity index (χ3n) is 7.22. The first kappa shape index (κ1) is 29.2. The number of aliphatic hydroxyl groups excluding tert-OH is 2. The smallest absolute Gasteiger partial charge is 0.224 e. The maximum atomic E-state index is 12.5. The second-order valence-corrected chi connectivity index (χ2v) is 10.5. The number of aliphatic hydroxyl groups is 2. The number of nitrogens with zero attached hydrogens (tertiary/aromatic N) is 1. The van der Waals surface area contributed by atoms with Crippen molar-refractivity contribution in [2.24, 2.45) is 0 Å². The molecule has 2 heterocycles. The molecule has 2 aliphatic rings. The third kappa shape index (κ3) is 9.12. The van der Waals surface area contributed by atoms with Gasteiger partial charge in [-0.3, -0.25) is 14.5 Å². The van der Waals surface area contributed by atoms with E-state index in [1.54, 1.807) is 0 Å². The number of nitrogens with one attached hydrogen (secondary N) is 2. The Hall–Kier alpha value is -2.82. The summed E-state index contributed by atoms with van der Waals surface area (Å²) in [5.74, 6) is -0.0879. The summed E-state index contributed by atoms with van der Waals surface area (Å²) >= 11 is 0. The van der Waals surface area contributed by atoms with E-state index in [4.69, 9.17) is 9.47 Å². The van der Waals surface area contributed by atoms with Crippen LogP contribution in [0.5, 0.6) is 0 Å². The van der Waals surface area contributed by atoms with E-state index in [-0.39, 0.29) is 36.7 Å². The molecule has 0 aliphatic carbocycles. The van der Waals surface area contributed by atoms with Crippen LogP contribution in [0.25, 0.3) is 0 Å². The van der Waals surface area contributed by atoms with Crippen LogP contribution in [0.4, 0.5) is 5.69 Å². The Balaban J connectivity index is 1.38. The average Bonchev–Trinajstić information content (AvgIpc) is 3.34. The molecule has 2 aliphatic heterocycles. The van der Waals surface area contributed by atoms with Crippen molar-refractivity contribution < 1.29 is 29.3 Å². The summed E-state index contributed by atoms with van der Waals surface area (Å²) < 4.78 is 12.8. The third-order valence-corrected chi connectivity index (χ3v) is 7.22. The average molecular weight is 540 g/mol. The molecule has 0 aromatic heterocycles. The lowest BCUT2D eigenvalue weighted by Gasteiger charge is -2.38. The molecule has 2 fully saturated rings. The first-order chi connectivity index (χ1) is 18.9. The van der Waals surface area contributed by atoms with Gasteiger partial charge in [-0.1, -0.05) is 42.8 Å². The Morgan fingerprint density at radius 3 is 2.59 bits per heavy atom. The first-order valence-corrected chi connectivity index (χ1v) is 13.9. The van der Waals surface area contributed by atoms with Crippen LogP contribution in [0.1, 0.15) is 74.5 Å². The summed E-state index contributed by atoms with van der Waals surface area (Å²) in [6.45, 7) is 4.33. The molecule has 4 atom stereocenters. The molecular formula is C30H41N3O6. The highest BCUT2D eigenvalue weighted by Gasteiger charge is 2.34. The van der Waals surface area contributed by atoms with Gasteiger partial charge in [-0.25, -0.2) is 0 Å². The van der Waals surface area contributed by atoms with Crippen molar-refractivity contribution in [3.63, 3.8) is 0 Å². The van der Waals surface area contributed by atoms with Crippen molar-refractivity contribution >= 4 is 17.5 Å². The quantitative estimate of drug-likeness (QED) is 0.305. The van der Waals surface area contributed by atoms with Gasteiger partial charge in [0.15, 0.2) is 6.29 Å². The summed E-state index contributed by atoms with van der Waals surface area (Å²) in [6, 6.07) is 15.4. The predicted molar refractivity (Wildman–Crippen MR) is 148 cm³/mol. The van der Waals surface area contributed by atoms with Gasteiger partial charge in [-0.15, -0.1) is 0 Å². The monoisotopic (exact) mass is 539 g/mol. The molecular weight excluding hydrogens is 498 g/mol. The van der Waals surface area contributed by atoms with E-state index in [1.165, 1.54) is 6.92 Å². The van der Waals surface area contributed by atoms with Gasteiger partial charge in [0.05, 0.1) is 24.9 Å². The molecule has 0 unspecified atom stereocenters. The van der Waals surface area contributed by atoms with Crippen molar-refractivity contribution in [1.29, 1.82) is 0 Å². The standard InChI is InChI=1S/C30H41N3O6/c1-21(35)31-14-4-2-3-8-29(37)32-25-7-5-6-24(16-25)30-38-27(19-33-15-13-26(36)18-33)17-28(39-30)23-11-9-22(20-34)10-12-23/h5-7,9-12,16,26-28,30,34,36H,2-4,8,13-15,17-20H2,1H3,(H,31,35)(H,32,37)/t26-,27+,28-,30-/m0/s1. The fraction of sp³-hybridized carbons (Fsp3) is 0.533. The van der Waals surface area contributed by atoms with E-state index in [0.717, 1.165) is 48.9 Å². The van der Waals surface area contributed by atoms with Crippen molar-refractivity contribution in [3.8, 4) is 0 Å². The van der Waals surface area contributed by atoms with Gasteiger partial charge >= 0.3 is 0 Å². The zero-order valence-corrected chi connectivity index (χ0v) is 22.7. The summed E-state index contributed by atoms with van der Waals surface area (Å²) in [5, 5.41) is 25.1. The predicted octanol–water partition coefficient (Wildman–Crippen LogP) is 3.43. The Labute approximate surface area is 230 Å². The van der Waals surface area contributed by atoms with Crippen molar-refractivity contribution in [3.05, 3.63) is 65.2 Å². The summed E-state index contributed by atoms with van der Waals surface area (Å²) in [5.41, 5.74) is 3.39. The second kappa shape index (κ2) is 14.5. The van der Waals surface area contributed by atoms with Crippen LogP contribution in [0.15, 0.2) is 48.5 Å². The van der Waals surface area contributed by atoms with E-state index in [0.29, 0.717) is 38.2 Å². The molecule has 4 rings (SSSR count). The van der Waals surface area contributed by atoms with Gasteiger partial charge in [0, 0.05) is 57.2 Å². The number of β-amino-alcohol motifs (C(OH)–C–C–N with tert-alkyl or cyclic N) is 1. The van der Waals surface area contributed by atoms with Crippen LogP contribution in [-0.4, -0.2) is 65.3 Å². The Bertz CT molecular complexity index is 1080. The van der Waals surface area contributed by atoms with Gasteiger partial charge in [0.2, 0.25) is 11.8 Å². The lowest BCUT2D eigenvalue weighted by Crippen LogP contribution is -2.38. The number of carbonyl (C=O) groups is 2. The van der Waals surface area contributed by atoms with E-state index in [2.05, 4.69) is 15.5 Å². The molecule has 9 nitrogen and oxygen atoms in total. The number of anilines is 1. The minimum atomic E-state index is -0.607. The van der Waals surface area contributed by atoms with Crippen LogP contribution in [0.3, 0.4) is 0 Å². The van der Waals surface area contributed by atoms with Crippen LogP contribution in [0, 0.1) is 0 Å². The normalized spacial score (nSPS) is 23.5. The van der Waals surface area contributed by atoms with E-state index in [9.17, 15) is 19.8 Å². The fourth-order valence-corrected chi connectivity index (χ4v) is 5.14. The number of rotatable bonds is 12. The summed E-state index contributed by atoms with van der Waals surface area (Å²) in [4.78, 5) is 25.7. The number of hydrogen-bond acceptors (Lipinski definition) is 7. The molecule has 0 saturated carbocycles. The molecule has 0 spiro atoms. The van der Waals surface area contributed by atoms with E-state index in [1.807, 2.05) is 48.5 Å². The molecule has 2 amide bonds. The van der Waals surface area contributed by atoms with Gasteiger partial charge in [-0.2, -0.15) is 0 Å². The number of hydrogen-bond donors (Lipinski definition) is 4. The molecule has 212 valence electrons. The highest BCUT2D eigenvalue weighted by Crippen LogP contribution is 2.39. The van der Waals surface area contributed by atoms with Crippen LogP contribution >= 0.6 is 0 Å². The molecule has 4 N–H and O–H groups in total. The number of unbranched alkanes of at least 4 members (excludes halogenated alkanes) is 2. The Kier molecular flexibility index (Phi) is 10.9. The van der Waals surface area contributed by atoms with Crippen molar-refractivity contribution in [2.75, 3.05) is 31.5 Å². The first-order valence-electron chi connectivity index (χ1n) is 13.9. The highest BCUT2D eigenvalue weighted by atomic mass is 16.7. The minimum Gasteiger partial charge on any atom is -0.392 e. The lowest BCUT2D eigenvalue weighted by molar-refractivity contribution is -0.252. The fourth-order valence-electron chi connectivity index (χ4n) is 5.14. The molecule has 9 heteroatoms. The van der Waals surface area contributed by atoms with Crippen LogP contribution in [0.2, 0.25) is 0 Å². The number of benzene rings is 2. The zero-order valence-electron chi connectivity index (χ0n) is 22.7. The number of carbonyl (C=O) groups excluding carboxylic acids is 2. The lowest BCUT2D eigenvalue weighted by atomic mass is 9.99. The van der Waals surface area contributed by atoms with Crippen LogP contribution in [-0.2, 0) is 25.7 Å². The SMILES string of the molecule is CC(=O)NCCCCCC(=O)Nc1cccc([C@H]2O[C@@H](CN3CC[C@H](O)C3)C[C@@H](c3ccc(CO)cc3)O2)c1. The molecule has 2 saturated heterocycles. The molecule has 39 heavy (non-hydrogen) atoms. The van der Waals surface area contributed by atoms with Crippen LogP contribution < -0.4 is 10.6 Å². The van der Waals surface area contributed by atoms with Gasteiger partial charge in [0.1, 0.15) is 0 Å². The van der Waals surface area contributed by atoms with E-state index >= 15 is 0 Å². The maximum Gasteiger partial charge on any atom is 0.224 e. The van der Waals surface area contributed by atoms with Crippen molar-refractivity contribution in [2.45, 2.75) is 76.7 Å². The molecule has 2 aromatic carbocycles. The largest absolute Gasteiger partial charge is 0.392 e. The number of likely N-dealkylation sites (tertiary alicyclic amines) is 1. The Morgan fingerprint density at radius 2 is 1.87 bits per heavy atom. The van der Waals surface area contributed by atoms with Gasteiger partial charge < -0.3 is 30.3 Å². The molecule has 0 bridgehead atoms. The Morgan fingerprint density at radius 1 is 1.05 bits per heavy atom. The van der Waals surface area contributed by atoms with Gasteiger partial charge in [0.25, 0.3) is 0 Å². The number of ether oxygens (including phenoxy) is 2. The van der Waals surface area contributed by atoms with Gasteiger partial charge in [-0.05, 0) is 42.5 Å². The number of amides is 2. The molecule has 0 radical (unpaired) electrons. The topological polar surface area (TPSA) is 120 Å². The summed E-state index contributed by atoms with van der Waals surface area (Å²) in [7, 11) is 0. The summed E-state index contributed by atoms with van der Waals surface area (Å²) in [6.07, 6.45) is 3.16. The minimum absolute atomic E-state index is 0.00691.